The fraction of sp³-hybridized carbons (Fsp3) is 0.381. The quantitative estimate of drug-likeness (QED) is 0.596. The third-order valence-electron chi connectivity index (χ3n) is 4.79. The van der Waals surface area contributed by atoms with Crippen LogP contribution in [0.15, 0.2) is 49.1 Å². The van der Waals surface area contributed by atoms with Crippen molar-refractivity contribution < 1.29 is 4.79 Å². The van der Waals surface area contributed by atoms with Crippen LogP contribution in [0, 0.1) is 0 Å². The minimum atomic E-state index is -0.563. The number of benzene rings is 1. The molecule has 0 saturated heterocycles. The Balaban J connectivity index is 2.48. The molecule has 4 nitrogen and oxygen atoms in total. The maximum atomic E-state index is 12.8. The van der Waals surface area contributed by atoms with Crippen LogP contribution in [-0.4, -0.2) is 18.0 Å². The molecule has 1 unspecified atom stereocenters. The summed E-state index contributed by atoms with van der Waals surface area (Å²) in [5.41, 5.74) is 10.1. The second kappa shape index (κ2) is 6.79. The molecule has 25 heavy (non-hydrogen) atoms. The number of anilines is 3. The Morgan fingerprint density at radius 2 is 1.92 bits per heavy atom. The average Bonchev–Trinajstić information content (AvgIpc) is 2.72. The highest BCUT2D eigenvalue weighted by molar-refractivity contribution is 6.09. The van der Waals surface area contributed by atoms with Gasteiger partial charge in [0.05, 0.1) is 22.5 Å². The average molecular weight is 339 g/mol. The molecule has 0 aromatic heterocycles. The van der Waals surface area contributed by atoms with Gasteiger partial charge in [-0.1, -0.05) is 31.4 Å². The number of fused-ring (bicyclic) bond motifs is 1. The predicted molar refractivity (Wildman–Crippen MR) is 108 cm³/mol. The first kappa shape index (κ1) is 18.8. The molecule has 1 aromatic rings. The summed E-state index contributed by atoms with van der Waals surface area (Å²) >= 11 is 0. The Morgan fingerprint density at radius 3 is 2.44 bits per heavy atom. The predicted octanol–water partition coefficient (Wildman–Crippen LogP) is 4.40. The van der Waals surface area contributed by atoms with Gasteiger partial charge in [0, 0.05) is 12.1 Å². The molecule has 0 saturated carbocycles. The van der Waals surface area contributed by atoms with E-state index in [0.29, 0.717) is 5.69 Å². The highest BCUT2D eigenvalue weighted by atomic mass is 16.2. The van der Waals surface area contributed by atoms with E-state index in [1.54, 1.807) is 12.2 Å². The van der Waals surface area contributed by atoms with Crippen LogP contribution in [0.1, 0.15) is 40.2 Å². The molecule has 0 aliphatic carbocycles. The van der Waals surface area contributed by atoms with Gasteiger partial charge in [-0.3, -0.25) is 4.79 Å². The number of carbonyl (C=O) groups excluding carboxylic acids is 1. The number of carbonyl (C=O) groups is 1. The fourth-order valence-electron chi connectivity index (χ4n) is 3.31. The van der Waals surface area contributed by atoms with Crippen molar-refractivity contribution in [2.24, 2.45) is 0 Å². The van der Waals surface area contributed by atoms with E-state index in [1.165, 1.54) is 0 Å². The zero-order valence-corrected chi connectivity index (χ0v) is 15.9. The van der Waals surface area contributed by atoms with E-state index < -0.39 is 5.41 Å². The Bertz CT molecular complexity index is 744. The molecule has 134 valence electrons. The molecule has 1 heterocycles. The van der Waals surface area contributed by atoms with Gasteiger partial charge in [-0.15, -0.1) is 0 Å². The van der Waals surface area contributed by atoms with Crippen molar-refractivity contribution in [3.05, 3.63) is 54.7 Å². The zero-order valence-electron chi connectivity index (χ0n) is 15.9. The second-order valence-corrected chi connectivity index (χ2v) is 7.32. The molecule has 4 heteroatoms. The van der Waals surface area contributed by atoms with Gasteiger partial charge in [0.15, 0.2) is 0 Å². The van der Waals surface area contributed by atoms with Crippen molar-refractivity contribution >= 4 is 23.0 Å². The standard InChI is InChI=1S/C21H29N3O/c1-8-10-15(9-2)14(5)23-18-12-19-16(11-17(18)22)21(6,7)20(25)24(19)13(3)4/h8-14,23H,1-2,22H2,3-7H3/b15-10+. The van der Waals surface area contributed by atoms with Crippen molar-refractivity contribution in [1.29, 1.82) is 0 Å². The number of nitrogen functional groups attached to an aromatic ring is 1. The van der Waals surface area contributed by atoms with Gasteiger partial charge in [-0.2, -0.15) is 0 Å². The van der Waals surface area contributed by atoms with Gasteiger partial charge in [0.25, 0.3) is 0 Å². The molecular formula is C21H29N3O. The lowest BCUT2D eigenvalue weighted by Gasteiger charge is -2.24. The first-order chi connectivity index (χ1) is 11.6. The topological polar surface area (TPSA) is 58.4 Å². The minimum Gasteiger partial charge on any atom is -0.397 e. The second-order valence-electron chi connectivity index (χ2n) is 7.32. The third-order valence-corrected chi connectivity index (χ3v) is 4.79. The van der Waals surface area contributed by atoms with Crippen molar-refractivity contribution in [1.82, 2.24) is 0 Å². The maximum absolute atomic E-state index is 12.8. The number of amides is 1. The Kier molecular flexibility index (Phi) is 5.12. The summed E-state index contributed by atoms with van der Waals surface area (Å²) in [5, 5.41) is 3.43. The number of allylic oxidation sites excluding steroid dienone is 2. The van der Waals surface area contributed by atoms with Gasteiger partial charge < -0.3 is 16.0 Å². The number of nitrogens with two attached hydrogens (primary N) is 1. The van der Waals surface area contributed by atoms with Crippen LogP contribution in [-0.2, 0) is 10.2 Å². The lowest BCUT2D eigenvalue weighted by molar-refractivity contribution is -0.122. The van der Waals surface area contributed by atoms with E-state index in [1.807, 2.05) is 57.7 Å². The van der Waals surface area contributed by atoms with Gasteiger partial charge in [-0.05, 0) is 57.9 Å². The summed E-state index contributed by atoms with van der Waals surface area (Å²) in [6.45, 7) is 17.6. The zero-order chi connectivity index (χ0) is 18.9. The molecule has 3 N–H and O–H groups in total. The van der Waals surface area contributed by atoms with Gasteiger partial charge in [0.2, 0.25) is 5.91 Å². The molecule has 1 aromatic carbocycles. The van der Waals surface area contributed by atoms with Gasteiger partial charge in [0.1, 0.15) is 0 Å². The Hall–Kier alpha value is -2.49. The summed E-state index contributed by atoms with van der Waals surface area (Å²) in [5.74, 6) is 0.112. The summed E-state index contributed by atoms with van der Waals surface area (Å²) < 4.78 is 0. The molecule has 0 spiro atoms. The van der Waals surface area contributed by atoms with Gasteiger partial charge >= 0.3 is 0 Å². The van der Waals surface area contributed by atoms with E-state index in [2.05, 4.69) is 18.5 Å². The number of hydrogen-bond donors (Lipinski definition) is 2. The molecule has 0 radical (unpaired) electrons. The highest BCUT2D eigenvalue weighted by Crippen LogP contribution is 2.45. The minimum absolute atomic E-state index is 0.0217. The molecular weight excluding hydrogens is 310 g/mol. The SMILES string of the molecule is C=C/C=C(\C=C)C(C)Nc1cc2c(cc1N)C(C)(C)C(=O)N2C(C)C. The van der Waals surface area contributed by atoms with Crippen molar-refractivity contribution in [2.75, 3.05) is 16.0 Å². The smallest absolute Gasteiger partial charge is 0.237 e. The van der Waals surface area contributed by atoms with E-state index >= 15 is 0 Å². The molecule has 0 bridgehead atoms. The van der Waals surface area contributed by atoms with Crippen LogP contribution < -0.4 is 16.0 Å². The van der Waals surface area contributed by atoms with Crippen molar-refractivity contribution in [3.63, 3.8) is 0 Å². The number of hydrogen-bond acceptors (Lipinski definition) is 3. The number of nitrogens with zero attached hydrogens (tertiary/aromatic N) is 1. The summed E-state index contributed by atoms with van der Waals surface area (Å²) in [4.78, 5) is 14.7. The lowest BCUT2D eigenvalue weighted by Crippen LogP contribution is -2.40. The van der Waals surface area contributed by atoms with E-state index in [-0.39, 0.29) is 18.0 Å². The first-order valence-corrected chi connectivity index (χ1v) is 8.64. The van der Waals surface area contributed by atoms with E-state index in [0.717, 1.165) is 22.5 Å². The highest BCUT2D eigenvalue weighted by Gasteiger charge is 2.45. The Labute approximate surface area is 151 Å². The monoisotopic (exact) mass is 339 g/mol. The van der Waals surface area contributed by atoms with Crippen molar-refractivity contribution in [3.8, 4) is 0 Å². The number of nitrogens with one attached hydrogen (secondary N) is 1. The molecule has 1 aliphatic rings. The maximum Gasteiger partial charge on any atom is 0.237 e. The third kappa shape index (κ3) is 3.21. The van der Waals surface area contributed by atoms with E-state index in [4.69, 9.17) is 5.73 Å². The fourth-order valence-corrected chi connectivity index (χ4v) is 3.31. The van der Waals surface area contributed by atoms with Crippen molar-refractivity contribution in [2.45, 2.75) is 52.1 Å². The Morgan fingerprint density at radius 1 is 1.28 bits per heavy atom. The summed E-state index contributed by atoms with van der Waals surface area (Å²) in [6.07, 6.45) is 5.46. The normalized spacial score (nSPS) is 17.4. The van der Waals surface area contributed by atoms with Crippen LogP contribution in [0.25, 0.3) is 0 Å². The van der Waals surface area contributed by atoms with Crippen LogP contribution in [0.4, 0.5) is 17.1 Å². The molecule has 2 rings (SSSR count). The molecule has 1 atom stereocenters. The van der Waals surface area contributed by atoms with Crippen LogP contribution in [0.3, 0.4) is 0 Å². The molecule has 1 amide bonds. The van der Waals surface area contributed by atoms with Crippen LogP contribution in [0.5, 0.6) is 0 Å². The molecule has 0 fully saturated rings. The van der Waals surface area contributed by atoms with Gasteiger partial charge in [-0.25, -0.2) is 0 Å². The lowest BCUT2D eigenvalue weighted by atomic mass is 9.85. The summed E-state index contributed by atoms with van der Waals surface area (Å²) in [7, 11) is 0. The first-order valence-electron chi connectivity index (χ1n) is 8.64. The summed E-state index contributed by atoms with van der Waals surface area (Å²) in [6, 6.07) is 4.03. The largest absolute Gasteiger partial charge is 0.397 e. The molecule has 1 aliphatic heterocycles. The van der Waals surface area contributed by atoms with Crippen LogP contribution >= 0.6 is 0 Å². The number of rotatable bonds is 6. The van der Waals surface area contributed by atoms with E-state index in [9.17, 15) is 4.79 Å². The van der Waals surface area contributed by atoms with Crippen LogP contribution in [0.2, 0.25) is 0 Å².